The van der Waals surface area contributed by atoms with E-state index in [1.807, 2.05) is 0 Å². The molecule has 18 heavy (non-hydrogen) atoms. The van der Waals surface area contributed by atoms with Crippen molar-refractivity contribution in [2.75, 3.05) is 27.3 Å². The Labute approximate surface area is 107 Å². The van der Waals surface area contributed by atoms with Gasteiger partial charge in [0.2, 0.25) is 10.0 Å². The third kappa shape index (κ3) is 4.72. The summed E-state index contributed by atoms with van der Waals surface area (Å²) in [5.74, 6) is -0.485. The molecule has 0 saturated heterocycles. The average molecular weight is 275 g/mol. The van der Waals surface area contributed by atoms with Crippen molar-refractivity contribution in [3.63, 3.8) is 0 Å². The second kappa shape index (κ2) is 6.82. The van der Waals surface area contributed by atoms with E-state index in [1.165, 1.54) is 35.6 Å². The Hall–Kier alpha value is -0.980. The number of halogens is 1. The molecule has 0 aromatic heterocycles. The number of nitrogens with zero attached hydrogens (tertiary/aromatic N) is 1. The first-order valence-corrected chi connectivity index (χ1v) is 7.24. The number of hydrogen-bond acceptors (Lipinski definition) is 3. The van der Waals surface area contributed by atoms with Crippen molar-refractivity contribution in [2.45, 2.75) is 12.2 Å². The molecule has 1 aromatic carbocycles. The number of benzene rings is 1. The van der Waals surface area contributed by atoms with Crippen LogP contribution in [0.2, 0.25) is 0 Å². The highest BCUT2D eigenvalue weighted by Gasteiger charge is 2.17. The second-order valence-electron chi connectivity index (χ2n) is 4.05. The van der Waals surface area contributed by atoms with Gasteiger partial charge in [0, 0.05) is 27.3 Å². The van der Waals surface area contributed by atoms with E-state index in [2.05, 4.69) is 0 Å². The fourth-order valence-corrected chi connectivity index (χ4v) is 2.71. The van der Waals surface area contributed by atoms with Crippen molar-refractivity contribution >= 4 is 10.0 Å². The topological polar surface area (TPSA) is 46.6 Å². The molecule has 4 nitrogen and oxygen atoms in total. The van der Waals surface area contributed by atoms with Crippen molar-refractivity contribution in [1.82, 2.24) is 4.31 Å². The van der Waals surface area contributed by atoms with Crippen LogP contribution in [0.4, 0.5) is 4.39 Å². The third-order valence-corrected chi connectivity index (χ3v) is 4.39. The normalized spacial score (nSPS) is 12.0. The van der Waals surface area contributed by atoms with Crippen LogP contribution in [0.15, 0.2) is 24.3 Å². The zero-order valence-corrected chi connectivity index (χ0v) is 11.4. The highest BCUT2D eigenvalue weighted by molar-refractivity contribution is 7.88. The van der Waals surface area contributed by atoms with Crippen LogP contribution in [0.5, 0.6) is 0 Å². The van der Waals surface area contributed by atoms with Gasteiger partial charge in [0.05, 0.1) is 5.75 Å². The first-order chi connectivity index (χ1) is 8.45. The molecule has 0 aliphatic heterocycles. The quantitative estimate of drug-likeness (QED) is 0.710. The molecule has 0 amide bonds. The molecule has 0 saturated carbocycles. The van der Waals surface area contributed by atoms with Crippen molar-refractivity contribution < 1.29 is 17.5 Å². The molecule has 0 aliphatic carbocycles. The summed E-state index contributed by atoms with van der Waals surface area (Å²) in [7, 11) is -0.239. The van der Waals surface area contributed by atoms with Gasteiger partial charge in [0.15, 0.2) is 0 Å². The van der Waals surface area contributed by atoms with Crippen LogP contribution in [-0.4, -0.2) is 40.0 Å². The Kier molecular flexibility index (Phi) is 5.71. The Morgan fingerprint density at radius 2 is 1.89 bits per heavy atom. The molecule has 1 rings (SSSR count). The minimum Gasteiger partial charge on any atom is -0.385 e. The molecular weight excluding hydrogens is 257 g/mol. The van der Waals surface area contributed by atoms with Gasteiger partial charge in [-0.05, 0) is 24.1 Å². The molecule has 0 spiro atoms. The lowest BCUT2D eigenvalue weighted by molar-refractivity contribution is 0.189. The first-order valence-electron chi connectivity index (χ1n) is 5.63. The number of sulfonamides is 1. The maximum absolute atomic E-state index is 12.7. The van der Waals surface area contributed by atoms with Crippen LogP contribution >= 0.6 is 0 Å². The predicted octanol–water partition coefficient (Wildman–Crippen LogP) is 1.62. The lowest BCUT2D eigenvalue weighted by atomic mass is 10.2. The summed E-state index contributed by atoms with van der Waals surface area (Å²) >= 11 is 0. The highest BCUT2D eigenvalue weighted by Crippen LogP contribution is 2.10. The summed E-state index contributed by atoms with van der Waals surface area (Å²) in [4.78, 5) is 0. The standard InChI is InChI=1S/C12H18FNO3S/c1-14(8-3-9-17-2)18(15,16)10-11-4-6-12(13)7-5-11/h4-7H,3,8-10H2,1-2H3. The van der Waals surface area contributed by atoms with Gasteiger partial charge >= 0.3 is 0 Å². The van der Waals surface area contributed by atoms with Gasteiger partial charge in [-0.1, -0.05) is 12.1 Å². The van der Waals surface area contributed by atoms with Crippen LogP contribution in [0, 0.1) is 5.82 Å². The fourth-order valence-electron chi connectivity index (χ4n) is 1.47. The summed E-state index contributed by atoms with van der Waals surface area (Å²) in [5, 5.41) is 0. The number of rotatable bonds is 7. The molecule has 0 aliphatic rings. The van der Waals surface area contributed by atoms with Crippen molar-refractivity contribution in [2.24, 2.45) is 0 Å². The van der Waals surface area contributed by atoms with E-state index in [-0.39, 0.29) is 11.6 Å². The van der Waals surface area contributed by atoms with Gasteiger partial charge in [-0.2, -0.15) is 0 Å². The summed E-state index contributed by atoms with van der Waals surface area (Å²) in [6, 6.07) is 5.48. The number of ether oxygens (including phenoxy) is 1. The molecular formula is C12H18FNO3S. The predicted molar refractivity (Wildman–Crippen MR) is 68.1 cm³/mol. The van der Waals surface area contributed by atoms with Crippen molar-refractivity contribution in [1.29, 1.82) is 0 Å². The van der Waals surface area contributed by atoms with E-state index in [4.69, 9.17) is 4.74 Å². The van der Waals surface area contributed by atoms with Gasteiger partial charge in [-0.3, -0.25) is 0 Å². The first kappa shape index (κ1) is 15.1. The van der Waals surface area contributed by atoms with Gasteiger partial charge in [0.25, 0.3) is 0 Å². The van der Waals surface area contributed by atoms with Crippen LogP contribution in [0.1, 0.15) is 12.0 Å². The average Bonchev–Trinajstić information content (AvgIpc) is 2.32. The smallest absolute Gasteiger partial charge is 0.218 e. The van der Waals surface area contributed by atoms with E-state index >= 15 is 0 Å². The van der Waals surface area contributed by atoms with E-state index < -0.39 is 10.0 Å². The minimum atomic E-state index is -3.35. The summed E-state index contributed by atoms with van der Waals surface area (Å²) in [6.07, 6.45) is 0.648. The van der Waals surface area contributed by atoms with Gasteiger partial charge < -0.3 is 4.74 Å². The molecule has 1 aromatic rings. The van der Waals surface area contributed by atoms with Crippen LogP contribution < -0.4 is 0 Å². The molecule has 102 valence electrons. The van der Waals surface area contributed by atoms with Gasteiger partial charge in [-0.15, -0.1) is 0 Å². The molecule has 0 N–H and O–H groups in total. The van der Waals surface area contributed by atoms with Crippen molar-refractivity contribution in [3.05, 3.63) is 35.6 Å². The highest BCUT2D eigenvalue weighted by atomic mass is 32.2. The summed E-state index contributed by atoms with van der Waals surface area (Å²) in [6.45, 7) is 0.938. The van der Waals surface area contributed by atoms with Gasteiger partial charge in [0.1, 0.15) is 5.82 Å². The zero-order chi connectivity index (χ0) is 13.6. The van der Waals surface area contributed by atoms with Gasteiger partial charge in [-0.25, -0.2) is 17.1 Å². The largest absolute Gasteiger partial charge is 0.385 e. The number of methoxy groups -OCH3 is 1. The SMILES string of the molecule is COCCCN(C)S(=O)(=O)Cc1ccc(F)cc1. The Morgan fingerprint density at radius 3 is 2.44 bits per heavy atom. The second-order valence-corrected chi connectivity index (χ2v) is 6.13. The Bertz CT molecular complexity index is 459. The maximum atomic E-state index is 12.7. The molecule has 0 bridgehead atoms. The Morgan fingerprint density at radius 1 is 1.28 bits per heavy atom. The van der Waals surface area contributed by atoms with E-state index in [1.54, 1.807) is 7.11 Å². The van der Waals surface area contributed by atoms with Crippen LogP contribution in [0.25, 0.3) is 0 Å². The van der Waals surface area contributed by atoms with E-state index in [0.29, 0.717) is 25.1 Å². The molecule has 0 atom stereocenters. The molecule has 0 fully saturated rings. The van der Waals surface area contributed by atoms with Crippen LogP contribution in [0.3, 0.4) is 0 Å². The molecule has 0 heterocycles. The monoisotopic (exact) mass is 275 g/mol. The number of hydrogen-bond donors (Lipinski definition) is 0. The molecule has 0 radical (unpaired) electrons. The fraction of sp³-hybridized carbons (Fsp3) is 0.500. The van der Waals surface area contributed by atoms with E-state index in [0.717, 1.165) is 0 Å². The lowest BCUT2D eigenvalue weighted by Crippen LogP contribution is -2.29. The minimum absolute atomic E-state index is 0.114. The molecule has 6 heteroatoms. The Balaban J connectivity index is 2.60. The zero-order valence-electron chi connectivity index (χ0n) is 10.6. The summed E-state index contributed by atoms with van der Waals surface area (Å²) in [5.41, 5.74) is 0.579. The van der Waals surface area contributed by atoms with Crippen molar-refractivity contribution in [3.8, 4) is 0 Å². The third-order valence-electron chi connectivity index (χ3n) is 2.56. The maximum Gasteiger partial charge on any atom is 0.218 e. The van der Waals surface area contributed by atoms with Crippen LogP contribution in [-0.2, 0) is 20.5 Å². The van der Waals surface area contributed by atoms with E-state index in [9.17, 15) is 12.8 Å². The molecule has 0 unspecified atom stereocenters. The summed E-state index contributed by atoms with van der Waals surface area (Å²) < 4.78 is 42.8. The lowest BCUT2D eigenvalue weighted by Gasteiger charge is -2.16.